The molecule has 0 heterocycles. The van der Waals surface area contributed by atoms with Crippen molar-refractivity contribution in [2.45, 2.75) is 24.9 Å². The standard InChI is InChI=1S/C19H18F3NO3S/c1-14-8-9-15(2)18(12-14)27(24,25)23-10-3-4-11-26-17-7-5-6-16(13-17)19(20,21)22/h5-9,12-13,23H,10-11H2,1-2H3. The Hall–Kier alpha value is -2.50. The Morgan fingerprint density at radius 2 is 1.81 bits per heavy atom. The fourth-order valence-corrected chi connectivity index (χ4v) is 3.45. The van der Waals surface area contributed by atoms with Crippen molar-refractivity contribution < 1.29 is 26.3 Å². The van der Waals surface area contributed by atoms with Gasteiger partial charge in [0.05, 0.1) is 17.0 Å². The molecule has 0 aliphatic carbocycles. The monoisotopic (exact) mass is 397 g/mol. The van der Waals surface area contributed by atoms with E-state index < -0.39 is 21.8 Å². The molecule has 8 heteroatoms. The van der Waals surface area contributed by atoms with Crippen molar-refractivity contribution in [1.82, 2.24) is 4.72 Å². The first-order valence-electron chi connectivity index (χ1n) is 7.92. The number of hydrogen-bond donors (Lipinski definition) is 1. The van der Waals surface area contributed by atoms with E-state index in [1.807, 2.05) is 6.07 Å². The van der Waals surface area contributed by atoms with Crippen LogP contribution in [-0.4, -0.2) is 21.6 Å². The first kappa shape index (κ1) is 20.8. The summed E-state index contributed by atoms with van der Waals surface area (Å²) in [6.45, 7) is 3.19. The quantitative estimate of drug-likeness (QED) is 0.783. The number of sulfonamides is 1. The van der Waals surface area contributed by atoms with Crippen LogP contribution in [0.1, 0.15) is 16.7 Å². The molecular weight excluding hydrogens is 379 g/mol. The molecule has 0 aliphatic heterocycles. The summed E-state index contributed by atoms with van der Waals surface area (Å²) in [5.74, 6) is 5.17. The highest BCUT2D eigenvalue weighted by Crippen LogP contribution is 2.31. The number of halogens is 3. The van der Waals surface area contributed by atoms with E-state index in [0.717, 1.165) is 17.7 Å². The number of aryl methyl sites for hydroxylation is 2. The first-order chi connectivity index (χ1) is 12.6. The minimum Gasteiger partial charge on any atom is -0.481 e. The van der Waals surface area contributed by atoms with Crippen molar-refractivity contribution in [1.29, 1.82) is 0 Å². The third-order valence-electron chi connectivity index (χ3n) is 3.58. The van der Waals surface area contributed by atoms with E-state index in [0.29, 0.717) is 5.56 Å². The van der Waals surface area contributed by atoms with Gasteiger partial charge < -0.3 is 4.74 Å². The molecular formula is C19H18F3NO3S. The van der Waals surface area contributed by atoms with Gasteiger partial charge in [-0.2, -0.15) is 17.9 Å². The maximum Gasteiger partial charge on any atom is 0.416 e. The predicted octanol–water partition coefficient (Wildman–Crippen LogP) is 3.68. The molecule has 0 saturated heterocycles. The highest BCUT2D eigenvalue weighted by Gasteiger charge is 2.30. The predicted molar refractivity (Wildman–Crippen MR) is 95.8 cm³/mol. The van der Waals surface area contributed by atoms with Crippen LogP contribution in [-0.2, 0) is 16.2 Å². The summed E-state index contributed by atoms with van der Waals surface area (Å²) in [5, 5.41) is 0. The molecule has 2 rings (SSSR count). The lowest BCUT2D eigenvalue weighted by molar-refractivity contribution is -0.137. The summed E-state index contributed by atoms with van der Waals surface area (Å²) in [6, 6.07) is 9.56. The van der Waals surface area contributed by atoms with Crippen LogP contribution in [0.5, 0.6) is 5.75 Å². The average Bonchev–Trinajstić information content (AvgIpc) is 2.59. The molecule has 0 spiro atoms. The van der Waals surface area contributed by atoms with Crippen LogP contribution in [0.3, 0.4) is 0 Å². The van der Waals surface area contributed by atoms with Gasteiger partial charge in [-0.15, -0.1) is 0 Å². The summed E-state index contributed by atoms with van der Waals surface area (Å²) in [7, 11) is -3.69. The number of nitrogens with one attached hydrogen (secondary N) is 1. The zero-order chi connectivity index (χ0) is 20.1. The van der Waals surface area contributed by atoms with E-state index in [-0.39, 0.29) is 23.8 Å². The minimum absolute atomic E-state index is 0.0371. The molecule has 0 atom stereocenters. The molecule has 2 aromatic rings. The van der Waals surface area contributed by atoms with Crippen molar-refractivity contribution in [3.63, 3.8) is 0 Å². The van der Waals surface area contributed by atoms with Gasteiger partial charge in [-0.3, -0.25) is 0 Å². The third kappa shape index (κ3) is 6.01. The topological polar surface area (TPSA) is 55.4 Å². The maximum atomic E-state index is 12.6. The molecule has 0 fully saturated rings. The second-order valence-electron chi connectivity index (χ2n) is 5.76. The summed E-state index contributed by atoms with van der Waals surface area (Å²) < 4.78 is 69.9. The average molecular weight is 397 g/mol. The van der Waals surface area contributed by atoms with Gasteiger partial charge in [-0.05, 0) is 49.2 Å². The number of rotatable bonds is 5. The van der Waals surface area contributed by atoms with E-state index in [1.54, 1.807) is 26.0 Å². The van der Waals surface area contributed by atoms with Crippen molar-refractivity contribution in [3.8, 4) is 17.6 Å². The van der Waals surface area contributed by atoms with Crippen molar-refractivity contribution >= 4 is 10.0 Å². The van der Waals surface area contributed by atoms with E-state index in [4.69, 9.17) is 4.74 Å². The molecule has 1 N–H and O–H groups in total. The number of hydrogen-bond acceptors (Lipinski definition) is 3. The van der Waals surface area contributed by atoms with E-state index in [9.17, 15) is 21.6 Å². The lowest BCUT2D eigenvalue weighted by atomic mass is 10.2. The van der Waals surface area contributed by atoms with Crippen LogP contribution in [0.2, 0.25) is 0 Å². The molecule has 0 amide bonds. The van der Waals surface area contributed by atoms with Crippen LogP contribution >= 0.6 is 0 Å². The highest BCUT2D eigenvalue weighted by molar-refractivity contribution is 7.89. The lowest BCUT2D eigenvalue weighted by Crippen LogP contribution is -2.24. The summed E-state index contributed by atoms with van der Waals surface area (Å²) in [5.41, 5.74) is 0.629. The van der Waals surface area contributed by atoms with Gasteiger partial charge in [0.25, 0.3) is 0 Å². The van der Waals surface area contributed by atoms with E-state index >= 15 is 0 Å². The maximum absolute atomic E-state index is 12.6. The Bertz CT molecular complexity index is 974. The van der Waals surface area contributed by atoms with Gasteiger partial charge in [0.1, 0.15) is 12.4 Å². The molecule has 0 aromatic heterocycles. The smallest absolute Gasteiger partial charge is 0.416 e. The van der Waals surface area contributed by atoms with Crippen molar-refractivity contribution in [2.24, 2.45) is 0 Å². The Morgan fingerprint density at radius 3 is 2.52 bits per heavy atom. The Morgan fingerprint density at radius 1 is 1.07 bits per heavy atom. The van der Waals surface area contributed by atoms with Gasteiger partial charge in [0, 0.05) is 0 Å². The molecule has 0 unspecified atom stereocenters. The van der Waals surface area contributed by atoms with Gasteiger partial charge in [-0.25, -0.2) is 8.42 Å². The summed E-state index contributed by atoms with van der Waals surface area (Å²) >= 11 is 0. The SMILES string of the molecule is Cc1ccc(C)c(S(=O)(=O)NCC#CCOc2cccc(C(F)(F)F)c2)c1. The molecule has 144 valence electrons. The minimum atomic E-state index is -4.45. The molecule has 0 saturated carbocycles. The third-order valence-corrected chi connectivity index (χ3v) is 5.12. The number of benzene rings is 2. The molecule has 0 bridgehead atoms. The summed E-state index contributed by atoms with van der Waals surface area (Å²) in [4.78, 5) is 0.185. The van der Waals surface area contributed by atoms with Gasteiger partial charge >= 0.3 is 6.18 Å². The number of alkyl halides is 3. The van der Waals surface area contributed by atoms with E-state index in [1.165, 1.54) is 12.1 Å². The molecule has 27 heavy (non-hydrogen) atoms. The second-order valence-corrected chi connectivity index (χ2v) is 7.50. The number of ether oxygens (including phenoxy) is 1. The fourth-order valence-electron chi connectivity index (χ4n) is 2.20. The Kier molecular flexibility index (Phi) is 6.52. The van der Waals surface area contributed by atoms with Crippen molar-refractivity contribution in [3.05, 3.63) is 59.2 Å². The molecule has 0 aliphatic rings. The van der Waals surface area contributed by atoms with Gasteiger partial charge in [0.15, 0.2) is 0 Å². The van der Waals surface area contributed by atoms with Crippen LogP contribution in [0.15, 0.2) is 47.4 Å². The fraction of sp³-hybridized carbons (Fsp3) is 0.263. The first-order valence-corrected chi connectivity index (χ1v) is 9.40. The zero-order valence-electron chi connectivity index (χ0n) is 14.7. The summed E-state index contributed by atoms with van der Waals surface area (Å²) in [6.07, 6.45) is -4.45. The lowest BCUT2D eigenvalue weighted by Gasteiger charge is -2.08. The largest absolute Gasteiger partial charge is 0.481 e. The highest BCUT2D eigenvalue weighted by atomic mass is 32.2. The molecule has 4 nitrogen and oxygen atoms in total. The molecule has 0 radical (unpaired) electrons. The normalized spacial score (nSPS) is 11.6. The van der Waals surface area contributed by atoms with Gasteiger partial charge in [0.2, 0.25) is 10.0 Å². The van der Waals surface area contributed by atoms with Crippen LogP contribution in [0.25, 0.3) is 0 Å². The second kappa shape index (κ2) is 8.46. The van der Waals surface area contributed by atoms with Crippen LogP contribution in [0.4, 0.5) is 13.2 Å². The van der Waals surface area contributed by atoms with Crippen LogP contribution in [0, 0.1) is 25.7 Å². The Labute approximate surface area is 156 Å². The van der Waals surface area contributed by atoms with Crippen LogP contribution < -0.4 is 9.46 Å². The van der Waals surface area contributed by atoms with E-state index in [2.05, 4.69) is 16.6 Å². The van der Waals surface area contributed by atoms with Gasteiger partial charge in [-0.1, -0.05) is 30.0 Å². The zero-order valence-corrected chi connectivity index (χ0v) is 15.5. The Balaban J connectivity index is 1.90. The molecule has 2 aromatic carbocycles. The van der Waals surface area contributed by atoms with Crippen molar-refractivity contribution in [2.75, 3.05) is 13.2 Å².